The van der Waals surface area contributed by atoms with Crippen LogP contribution in [-0.4, -0.2) is 269 Å². The fraction of sp³-hybridized carbons (Fsp3) is 0.461. The number of carboxylic acids is 1. The maximum atomic E-state index is 15.5. The number of unbranched alkanes of at least 4 members (excludes halogenated alkanes) is 1. The van der Waals surface area contributed by atoms with Crippen molar-refractivity contribution in [1.29, 1.82) is 0 Å². The Kier molecular flexibility index (Phi) is 39.1. The van der Waals surface area contributed by atoms with Gasteiger partial charge in [-0.1, -0.05) is 181 Å². The molecule has 15 amide bonds. The SMILES string of the molecule is CCCC[C@H]1C(=O)N(C)CC(=O)N[C@@H](CC(=O)O)C(=O)N[C@@H](C(C)C)C(=O)N(C)[C@@H](Cc2ccccc2)C(=O)N[C@@H](CN)C(=O)N(C)CC(=O)NC[C@@H](Cc2c[nH]c3ccccc23)C(=O)N[C@H](Cc2ccc(CN)cc2)C(=O)N[C@@H](CC(C)C)C(=O)N[C@H](C(=O)NCC(N)=O)CSCC(=O)N[C@@H](Cc2ccccc2)C(=O)N(C)[C@@H](Cc2ccccc2)C(=O)N1C. The highest BCUT2D eigenvalue weighted by Gasteiger charge is 2.42. The van der Waals surface area contributed by atoms with Gasteiger partial charge >= 0.3 is 5.97 Å². The van der Waals surface area contributed by atoms with Crippen molar-refractivity contribution in [3.05, 3.63) is 179 Å². The quantitative estimate of drug-likeness (QED) is 0.0411. The molecular weight excluding hydrogens is 1630 g/mol. The third-order valence-electron chi connectivity index (χ3n) is 21.6. The molecule has 1 aromatic heterocycles. The van der Waals surface area contributed by atoms with Crippen LogP contribution >= 0.6 is 11.8 Å². The Morgan fingerprint density at radius 2 is 1.02 bits per heavy atom. The number of primary amides is 1. The molecule has 7 rings (SSSR count). The van der Waals surface area contributed by atoms with E-state index in [-0.39, 0.29) is 63.2 Å². The van der Waals surface area contributed by atoms with Gasteiger partial charge < -0.3 is 99.6 Å². The van der Waals surface area contributed by atoms with E-state index >= 15 is 19.2 Å². The molecule has 11 atom stereocenters. The van der Waals surface area contributed by atoms with Crippen molar-refractivity contribution in [2.45, 2.75) is 166 Å². The number of carbonyl (C=O) groups excluding carboxylic acids is 15. The number of aliphatic carboxylic acids is 1. The highest BCUT2D eigenvalue weighted by Crippen LogP contribution is 2.24. The van der Waals surface area contributed by atoms with Gasteiger partial charge in [-0.05, 0) is 70.5 Å². The van der Waals surface area contributed by atoms with Gasteiger partial charge in [0.15, 0.2) is 0 Å². The summed E-state index contributed by atoms with van der Waals surface area (Å²) in [5, 5.41) is 34.9. The molecule has 0 spiro atoms. The highest BCUT2D eigenvalue weighted by molar-refractivity contribution is 8.00. The first kappa shape index (κ1) is 99.5. The van der Waals surface area contributed by atoms with E-state index in [9.17, 15) is 62.6 Å². The average Bonchev–Trinajstić information content (AvgIpc) is 1.66. The normalized spacial score (nSPS) is 22.4. The summed E-state index contributed by atoms with van der Waals surface area (Å²) >= 11 is 0.851. The first-order valence-electron chi connectivity index (χ1n) is 41.7. The number of amides is 15. The largest absolute Gasteiger partial charge is 0.481 e. The van der Waals surface area contributed by atoms with E-state index in [1.165, 1.54) is 45.0 Å². The van der Waals surface area contributed by atoms with Crippen LogP contribution in [0, 0.1) is 17.8 Å². The number of rotatable bonds is 23. The van der Waals surface area contributed by atoms with Gasteiger partial charge in [0.2, 0.25) is 88.6 Å². The summed E-state index contributed by atoms with van der Waals surface area (Å²) in [5.41, 5.74) is 22.1. The number of hydrogen-bond acceptors (Lipinski definition) is 19. The summed E-state index contributed by atoms with van der Waals surface area (Å²) < 4.78 is 0. The highest BCUT2D eigenvalue weighted by atomic mass is 32.2. The molecule has 0 bridgehead atoms. The summed E-state index contributed by atoms with van der Waals surface area (Å²) in [6, 6.07) is 25.1. The second kappa shape index (κ2) is 49.1. The summed E-state index contributed by atoms with van der Waals surface area (Å²) in [5.74, 6) is -17.5. The fourth-order valence-electron chi connectivity index (χ4n) is 14.4. The Labute approximate surface area is 732 Å². The van der Waals surface area contributed by atoms with Crippen molar-refractivity contribution < 1.29 is 81.8 Å². The third kappa shape index (κ3) is 30.4. The first-order chi connectivity index (χ1) is 59.5. The van der Waals surface area contributed by atoms with E-state index in [0.717, 1.165) is 42.9 Å². The minimum atomic E-state index is -1.88. The second-order valence-corrected chi connectivity index (χ2v) is 33.2. The Morgan fingerprint density at radius 1 is 0.504 bits per heavy atom. The molecule has 17 N–H and O–H groups in total. The summed E-state index contributed by atoms with van der Waals surface area (Å²) in [7, 11) is 6.57. The van der Waals surface area contributed by atoms with Gasteiger partial charge in [0.05, 0.1) is 37.7 Å². The predicted molar refractivity (Wildman–Crippen MR) is 470 cm³/mol. The number of nitrogens with two attached hydrogens (primary N) is 3. The number of benzene rings is 5. The van der Waals surface area contributed by atoms with Gasteiger partial charge in [-0.15, -0.1) is 11.8 Å². The predicted octanol–water partition coefficient (Wildman–Crippen LogP) is 0.338. The zero-order valence-electron chi connectivity index (χ0n) is 72.4. The number of likely N-dealkylation sites (N-methyl/N-ethyl adjacent to an activating group) is 5. The molecular formula is C89H120N18O17S. The molecule has 5 aromatic carbocycles. The number of carboxylic acid groups (broad SMARTS) is 1. The summed E-state index contributed by atoms with van der Waals surface area (Å²) in [6.07, 6.45) is 0.965. The molecule has 0 aliphatic carbocycles. The number of para-hydroxylation sites is 1. The molecule has 1 fully saturated rings. The molecule has 1 aliphatic heterocycles. The van der Waals surface area contributed by atoms with Crippen LogP contribution < -0.4 is 65.1 Å². The number of aromatic amines is 1. The van der Waals surface area contributed by atoms with Crippen LogP contribution in [0.3, 0.4) is 0 Å². The van der Waals surface area contributed by atoms with Crippen molar-refractivity contribution in [3.63, 3.8) is 0 Å². The monoisotopic (exact) mass is 1740 g/mol. The number of H-pyrrole nitrogens is 1. The Morgan fingerprint density at radius 3 is 1.60 bits per heavy atom. The number of thioether (sulfide) groups is 1. The number of carbonyl (C=O) groups is 16. The van der Waals surface area contributed by atoms with Crippen LogP contribution in [0.1, 0.15) is 100 Å². The van der Waals surface area contributed by atoms with Crippen LogP contribution in [0.25, 0.3) is 10.9 Å². The maximum absolute atomic E-state index is 15.5. The smallest absolute Gasteiger partial charge is 0.305 e. The standard InChI is InChI=1S/C89H120N18O17S/c1-11-12-32-70-87(122)104(7)50-75(110)96-66(43-77(112)113)83(118)102-78(54(4)5)89(124)106(9)71(40-56-26-18-14-19-27-56)84(119)100-68(45-91)85(120)103(6)49-74(109)94-47-61(42-60-46-93-63-31-23-22-30-62(60)63)79(114)98-65(38-58-33-35-59(44-90)36-34-58)82(117)99-64(37-53(2)3)81(116)101-69(80(115)95-48-73(92)108)51-125-52-76(111)97-67(39-55-24-16-13-17-25-55)86(121)107(10)72(88(123)105(70)8)41-57-28-20-15-21-29-57/h13-31,33-36,46,53-54,61,64-72,78,93H,11-12,32,37-45,47-52,90-91H2,1-10H3,(H2,92,108)(H,94,109)(H,95,115)(H,96,110)(H,97,111)(H,98,114)(H,99,117)(H,100,119)(H,101,116)(H,102,118)(H,112,113)/t61-,64+,65-,66+,67+,68+,69+,70+,71+,72+,78+/m1/s1. The zero-order valence-corrected chi connectivity index (χ0v) is 73.3. The van der Waals surface area contributed by atoms with Crippen molar-refractivity contribution in [3.8, 4) is 0 Å². The Balaban J connectivity index is 1.30. The summed E-state index contributed by atoms with van der Waals surface area (Å²) in [4.78, 5) is 241. The lowest BCUT2D eigenvalue weighted by atomic mass is 9.96. The minimum Gasteiger partial charge on any atom is -0.481 e. The number of nitrogens with one attached hydrogen (secondary N) is 10. The molecule has 1 aliphatic rings. The van der Waals surface area contributed by atoms with E-state index in [1.54, 1.807) is 155 Å². The van der Waals surface area contributed by atoms with E-state index in [4.69, 9.17) is 17.2 Å². The van der Waals surface area contributed by atoms with Crippen LogP contribution in [0.15, 0.2) is 146 Å². The lowest BCUT2D eigenvalue weighted by Gasteiger charge is -2.37. The van der Waals surface area contributed by atoms with E-state index in [0.29, 0.717) is 40.7 Å². The molecule has 35 nitrogen and oxygen atoms in total. The molecule has 0 saturated carbocycles. The molecule has 2 heterocycles. The molecule has 0 radical (unpaired) electrons. The number of aromatic nitrogens is 1. The molecule has 0 unspecified atom stereocenters. The van der Waals surface area contributed by atoms with E-state index < -0.39 is 212 Å². The Bertz CT molecular complexity index is 4710. The number of hydrogen-bond donors (Lipinski definition) is 14. The van der Waals surface area contributed by atoms with Crippen molar-refractivity contribution in [1.82, 2.24) is 77.3 Å². The number of nitrogens with zero attached hydrogens (tertiary/aromatic N) is 5. The van der Waals surface area contributed by atoms with Gasteiger partial charge in [0.25, 0.3) is 0 Å². The van der Waals surface area contributed by atoms with Crippen LogP contribution in [0.2, 0.25) is 0 Å². The van der Waals surface area contributed by atoms with Crippen molar-refractivity contribution >= 4 is 117 Å². The maximum Gasteiger partial charge on any atom is 0.305 e. The van der Waals surface area contributed by atoms with E-state index in [2.05, 4.69) is 52.8 Å². The zero-order chi connectivity index (χ0) is 91.7. The van der Waals surface area contributed by atoms with Gasteiger partial charge in [-0.2, -0.15) is 0 Å². The molecule has 36 heteroatoms. The van der Waals surface area contributed by atoms with Gasteiger partial charge in [-0.3, -0.25) is 76.7 Å². The van der Waals surface area contributed by atoms with Crippen LogP contribution in [-0.2, 0) is 115 Å². The molecule has 1 saturated heterocycles. The number of fused-ring (bicyclic) bond motifs is 1. The lowest BCUT2D eigenvalue weighted by Crippen LogP contribution is -2.61. The third-order valence-corrected chi connectivity index (χ3v) is 22.6. The van der Waals surface area contributed by atoms with E-state index in [1.807, 2.05) is 25.1 Å². The fourth-order valence-corrected chi connectivity index (χ4v) is 15.3. The molecule has 125 heavy (non-hydrogen) atoms. The summed E-state index contributed by atoms with van der Waals surface area (Å²) in [6.45, 7) is 5.67. The van der Waals surface area contributed by atoms with Gasteiger partial charge in [0.1, 0.15) is 60.4 Å². The first-order valence-corrected chi connectivity index (χ1v) is 42.8. The van der Waals surface area contributed by atoms with Crippen LogP contribution in [0.4, 0.5) is 0 Å². The molecule has 6 aromatic rings. The van der Waals surface area contributed by atoms with Crippen LogP contribution in [0.5, 0.6) is 0 Å². The molecule has 674 valence electrons. The van der Waals surface area contributed by atoms with Crippen molar-refractivity contribution in [2.24, 2.45) is 35.0 Å². The minimum absolute atomic E-state index is 0.0403. The lowest BCUT2D eigenvalue weighted by molar-refractivity contribution is -0.151. The van der Waals surface area contributed by atoms with Gasteiger partial charge in [0, 0.05) is 103 Å². The second-order valence-electron chi connectivity index (χ2n) is 32.2. The Hall–Kier alpha value is -12.6. The topological polar surface area (TPSA) is 512 Å². The van der Waals surface area contributed by atoms with Gasteiger partial charge in [-0.25, -0.2) is 0 Å². The average molecular weight is 1750 g/mol. The van der Waals surface area contributed by atoms with Crippen molar-refractivity contribution in [2.75, 3.05) is 79.5 Å².